The predicted octanol–water partition coefficient (Wildman–Crippen LogP) is 1.61. The molecular weight excluding hydrogens is 232 g/mol. The van der Waals surface area contributed by atoms with Gasteiger partial charge in [0.25, 0.3) is 5.91 Å². The second-order valence-corrected chi connectivity index (χ2v) is 4.93. The van der Waals surface area contributed by atoms with Crippen LogP contribution < -0.4 is 5.73 Å². The van der Waals surface area contributed by atoms with Gasteiger partial charge in [-0.05, 0) is 18.1 Å². The molecule has 0 saturated carbocycles. The lowest BCUT2D eigenvalue weighted by atomic mass is 9.98. The molecule has 90 valence electrons. The summed E-state index contributed by atoms with van der Waals surface area (Å²) in [6.07, 6.45) is 0.909. The molecule has 2 rings (SSSR count). The standard InChI is InChI=1S/C13H16N2OS/c1-9(12(14)17)8-15-7-6-10-4-2-3-5-11(10)13(15)16/h2-5,9H,6-8H2,1H3,(H2,14,17). The summed E-state index contributed by atoms with van der Waals surface area (Å²) < 4.78 is 0. The van der Waals surface area contributed by atoms with Crippen LogP contribution in [0.15, 0.2) is 24.3 Å². The molecule has 0 spiro atoms. The molecule has 17 heavy (non-hydrogen) atoms. The second-order valence-electron chi connectivity index (χ2n) is 4.46. The van der Waals surface area contributed by atoms with E-state index in [1.165, 1.54) is 0 Å². The van der Waals surface area contributed by atoms with E-state index in [-0.39, 0.29) is 11.8 Å². The third-order valence-corrected chi connectivity index (χ3v) is 3.57. The van der Waals surface area contributed by atoms with Crippen LogP contribution in [0.25, 0.3) is 0 Å². The molecule has 2 N–H and O–H groups in total. The summed E-state index contributed by atoms with van der Waals surface area (Å²) in [4.78, 5) is 14.5. The average Bonchev–Trinajstić information content (AvgIpc) is 2.33. The van der Waals surface area contributed by atoms with Gasteiger partial charge >= 0.3 is 0 Å². The van der Waals surface area contributed by atoms with Crippen LogP contribution in [-0.2, 0) is 6.42 Å². The fourth-order valence-corrected chi connectivity index (χ4v) is 2.14. The molecule has 0 aromatic heterocycles. The summed E-state index contributed by atoms with van der Waals surface area (Å²) in [6, 6.07) is 7.77. The number of benzene rings is 1. The zero-order chi connectivity index (χ0) is 12.4. The number of thiocarbonyl (C=S) groups is 1. The Morgan fingerprint density at radius 3 is 2.94 bits per heavy atom. The highest BCUT2D eigenvalue weighted by molar-refractivity contribution is 7.80. The van der Waals surface area contributed by atoms with Gasteiger partial charge in [0.1, 0.15) is 0 Å². The Hall–Kier alpha value is -1.42. The smallest absolute Gasteiger partial charge is 0.254 e. The van der Waals surface area contributed by atoms with E-state index in [0.717, 1.165) is 24.1 Å². The van der Waals surface area contributed by atoms with Gasteiger partial charge < -0.3 is 10.6 Å². The molecule has 0 aliphatic carbocycles. The molecule has 1 amide bonds. The maximum absolute atomic E-state index is 12.2. The number of rotatable bonds is 3. The van der Waals surface area contributed by atoms with Crippen LogP contribution in [0.4, 0.5) is 0 Å². The Balaban J connectivity index is 2.15. The Morgan fingerprint density at radius 2 is 2.24 bits per heavy atom. The largest absolute Gasteiger partial charge is 0.393 e. The molecule has 0 fully saturated rings. The van der Waals surface area contributed by atoms with Crippen LogP contribution in [0.3, 0.4) is 0 Å². The highest BCUT2D eigenvalue weighted by atomic mass is 32.1. The number of nitrogens with zero attached hydrogens (tertiary/aromatic N) is 1. The molecule has 1 unspecified atom stereocenters. The van der Waals surface area contributed by atoms with E-state index in [2.05, 4.69) is 0 Å². The first-order valence-electron chi connectivity index (χ1n) is 5.76. The lowest BCUT2D eigenvalue weighted by Crippen LogP contribution is -2.42. The molecule has 4 heteroatoms. The molecule has 1 heterocycles. The zero-order valence-corrected chi connectivity index (χ0v) is 10.7. The van der Waals surface area contributed by atoms with Gasteiger partial charge in [0, 0.05) is 24.6 Å². The molecule has 1 aliphatic heterocycles. The molecule has 1 aromatic rings. The van der Waals surface area contributed by atoms with Gasteiger partial charge in [0.2, 0.25) is 0 Å². The minimum atomic E-state index is 0.0687. The SMILES string of the molecule is CC(CN1CCc2ccccc2C1=O)C(N)=S. The monoisotopic (exact) mass is 248 g/mol. The van der Waals surface area contributed by atoms with Gasteiger partial charge in [0.05, 0.1) is 4.99 Å². The van der Waals surface area contributed by atoms with Crippen molar-refractivity contribution in [2.24, 2.45) is 11.7 Å². The van der Waals surface area contributed by atoms with E-state index in [1.54, 1.807) is 0 Å². The van der Waals surface area contributed by atoms with Gasteiger partial charge in [-0.1, -0.05) is 37.3 Å². The second kappa shape index (κ2) is 4.84. The van der Waals surface area contributed by atoms with Crippen molar-refractivity contribution in [3.63, 3.8) is 0 Å². The van der Waals surface area contributed by atoms with Crippen LogP contribution >= 0.6 is 12.2 Å². The normalized spacial score (nSPS) is 16.5. The molecule has 0 bridgehead atoms. The fraction of sp³-hybridized carbons (Fsp3) is 0.385. The molecule has 0 saturated heterocycles. The van der Waals surface area contributed by atoms with Crippen molar-refractivity contribution in [3.05, 3.63) is 35.4 Å². The van der Waals surface area contributed by atoms with Crippen molar-refractivity contribution in [2.75, 3.05) is 13.1 Å². The molecular formula is C13H16N2OS. The topological polar surface area (TPSA) is 46.3 Å². The minimum Gasteiger partial charge on any atom is -0.393 e. The Labute approximate surface area is 107 Å². The van der Waals surface area contributed by atoms with Crippen LogP contribution in [0, 0.1) is 5.92 Å². The van der Waals surface area contributed by atoms with E-state index < -0.39 is 0 Å². The summed E-state index contributed by atoms with van der Waals surface area (Å²) in [5.74, 6) is 0.161. The van der Waals surface area contributed by atoms with E-state index in [0.29, 0.717) is 11.5 Å². The van der Waals surface area contributed by atoms with Crippen molar-refractivity contribution in [1.29, 1.82) is 0 Å². The maximum Gasteiger partial charge on any atom is 0.254 e. The number of fused-ring (bicyclic) bond motifs is 1. The van der Waals surface area contributed by atoms with E-state index in [1.807, 2.05) is 36.1 Å². The third-order valence-electron chi connectivity index (χ3n) is 3.17. The van der Waals surface area contributed by atoms with E-state index in [9.17, 15) is 4.79 Å². The van der Waals surface area contributed by atoms with E-state index in [4.69, 9.17) is 18.0 Å². The highest BCUT2D eigenvalue weighted by Crippen LogP contribution is 2.19. The Morgan fingerprint density at radius 1 is 1.53 bits per heavy atom. The number of carbonyl (C=O) groups excluding carboxylic acids is 1. The summed E-state index contributed by atoms with van der Waals surface area (Å²) in [6.45, 7) is 3.32. The number of carbonyl (C=O) groups is 1. The third kappa shape index (κ3) is 2.47. The first-order valence-corrected chi connectivity index (χ1v) is 6.17. The fourth-order valence-electron chi connectivity index (χ4n) is 2.07. The number of amides is 1. The molecule has 1 aliphatic rings. The zero-order valence-electron chi connectivity index (χ0n) is 9.85. The lowest BCUT2D eigenvalue weighted by Gasteiger charge is -2.30. The van der Waals surface area contributed by atoms with Crippen LogP contribution in [0.5, 0.6) is 0 Å². The van der Waals surface area contributed by atoms with Crippen LogP contribution in [0.2, 0.25) is 0 Å². The summed E-state index contributed by atoms with van der Waals surface area (Å²) >= 11 is 4.94. The summed E-state index contributed by atoms with van der Waals surface area (Å²) in [5.41, 5.74) is 7.54. The molecule has 3 nitrogen and oxygen atoms in total. The molecule has 1 atom stereocenters. The van der Waals surface area contributed by atoms with Crippen molar-refractivity contribution < 1.29 is 4.79 Å². The molecule has 1 aromatic carbocycles. The minimum absolute atomic E-state index is 0.0687. The number of nitrogens with two attached hydrogens (primary N) is 1. The summed E-state index contributed by atoms with van der Waals surface area (Å²) in [7, 11) is 0. The van der Waals surface area contributed by atoms with Gasteiger partial charge in [-0.15, -0.1) is 0 Å². The van der Waals surface area contributed by atoms with Crippen LogP contribution in [0.1, 0.15) is 22.8 Å². The van der Waals surface area contributed by atoms with Crippen LogP contribution in [-0.4, -0.2) is 28.9 Å². The molecule has 0 radical (unpaired) electrons. The Bertz CT molecular complexity index is 458. The van der Waals surface area contributed by atoms with Crippen molar-refractivity contribution in [1.82, 2.24) is 4.90 Å². The van der Waals surface area contributed by atoms with Crippen molar-refractivity contribution in [3.8, 4) is 0 Å². The van der Waals surface area contributed by atoms with Gasteiger partial charge in [-0.2, -0.15) is 0 Å². The predicted molar refractivity (Wildman–Crippen MR) is 72.0 cm³/mol. The van der Waals surface area contributed by atoms with Crippen molar-refractivity contribution in [2.45, 2.75) is 13.3 Å². The summed E-state index contributed by atoms with van der Waals surface area (Å²) in [5, 5.41) is 0. The van der Waals surface area contributed by atoms with Gasteiger partial charge in [-0.3, -0.25) is 4.79 Å². The van der Waals surface area contributed by atoms with E-state index >= 15 is 0 Å². The van der Waals surface area contributed by atoms with Gasteiger partial charge in [0.15, 0.2) is 0 Å². The quantitative estimate of drug-likeness (QED) is 0.827. The first kappa shape index (κ1) is 12.0. The highest BCUT2D eigenvalue weighted by Gasteiger charge is 2.25. The van der Waals surface area contributed by atoms with Gasteiger partial charge in [-0.25, -0.2) is 0 Å². The lowest BCUT2D eigenvalue weighted by molar-refractivity contribution is 0.0729. The van der Waals surface area contributed by atoms with Crippen molar-refractivity contribution >= 4 is 23.1 Å². The Kier molecular flexibility index (Phi) is 3.43. The number of hydrogen-bond donors (Lipinski definition) is 1. The maximum atomic E-state index is 12.2. The average molecular weight is 248 g/mol. The first-order chi connectivity index (χ1) is 8.09. The number of hydrogen-bond acceptors (Lipinski definition) is 2.